The van der Waals surface area contributed by atoms with Crippen molar-refractivity contribution in [1.29, 1.82) is 0 Å². The van der Waals surface area contributed by atoms with E-state index < -0.39 is 0 Å². The molecule has 4 heteroatoms. The summed E-state index contributed by atoms with van der Waals surface area (Å²) in [5.41, 5.74) is 0.820. The summed E-state index contributed by atoms with van der Waals surface area (Å²) in [5.74, 6) is 0.699. The Morgan fingerprint density at radius 3 is 2.94 bits per heavy atom. The molecule has 0 amide bonds. The van der Waals surface area contributed by atoms with Gasteiger partial charge in [-0.25, -0.2) is 0 Å². The molecule has 1 aliphatic carbocycles. The number of nitrogens with one attached hydrogen (secondary N) is 1. The standard InChI is InChI=1S/C12H16N2O2/c1-2-5-9-8-11(9)13-10-6-3-4-7-12(10)14(15)16/h3-4,6-7,9,11,13H,2,5,8H2,1H3. The molecule has 0 heterocycles. The third kappa shape index (κ3) is 2.32. The average molecular weight is 220 g/mol. The molecule has 4 nitrogen and oxygen atoms in total. The molecule has 1 fully saturated rings. The lowest BCUT2D eigenvalue weighted by molar-refractivity contribution is -0.384. The molecular formula is C12H16N2O2. The van der Waals surface area contributed by atoms with Gasteiger partial charge in [0, 0.05) is 12.1 Å². The van der Waals surface area contributed by atoms with E-state index in [4.69, 9.17) is 0 Å². The van der Waals surface area contributed by atoms with Gasteiger partial charge in [-0.1, -0.05) is 25.5 Å². The molecule has 0 aliphatic heterocycles. The topological polar surface area (TPSA) is 55.2 Å². The molecule has 0 bridgehead atoms. The molecule has 1 N–H and O–H groups in total. The molecule has 0 saturated heterocycles. The van der Waals surface area contributed by atoms with Gasteiger partial charge >= 0.3 is 0 Å². The Hall–Kier alpha value is -1.58. The Balaban J connectivity index is 2.02. The minimum absolute atomic E-state index is 0.171. The van der Waals surface area contributed by atoms with Crippen LogP contribution in [0, 0.1) is 16.0 Å². The second-order valence-electron chi connectivity index (χ2n) is 4.31. The van der Waals surface area contributed by atoms with Crippen LogP contribution in [-0.4, -0.2) is 11.0 Å². The largest absolute Gasteiger partial charge is 0.376 e. The molecule has 1 aromatic carbocycles. The molecular weight excluding hydrogens is 204 g/mol. The average Bonchev–Trinajstić information content (AvgIpc) is 2.97. The lowest BCUT2D eigenvalue weighted by atomic mass is 10.2. The van der Waals surface area contributed by atoms with Crippen LogP contribution in [0.4, 0.5) is 11.4 Å². The molecule has 2 unspecified atom stereocenters. The monoisotopic (exact) mass is 220 g/mol. The molecule has 0 spiro atoms. The fraction of sp³-hybridized carbons (Fsp3) is 0.500. The quantitative estimate of drug-likeness (QED) is 0.612. The van der Waals surface area contributed by atoms with Gasteiger partial charge in [-0.05, 0) is 24.8 Å². The van der Waals surface area contributed by atoms with Crippen molar-refractivity contribution in [1.82, 2.24) is 0 Å². The molecule has 2 rings (SSSR count). The highest BCUT2D eigenvalue weighted by Gasteiger charge is 2.36. The summed E-state index contributed by atoms with van der Waals surface area (Å²) < 4.78 is 0. The molecule has 2 atom stereocenters. The van der Waals surface area contributed by atoms with Gasteiger partial charge < -0.3 is 5.32 Å². The zero-order valence-corrected chi connectivity index (χ0v) is 9.35. The summed E-state index contributed by atoms with van der Waals surface area (Å²) in [6, 6.07) is 7.27. The Morgan fingerprint density at radius 2 is 2.25 bits per heavy atom. The van der Waals surface area contributed by atoms with Gasteiger partial charge in [0.15, 0.2) is 0 Å². The van der Waals surface area contributed by atoms with Gasteiger partial charge in [0.1, 0.15) is 5.69 Å². The molecule has 1 aliphatic rings. The number of nitro benzene ring substituents is 1. The van der Waals surface area contributed by atoms with Crippen molar-refractivity contribution in [3.63, 3.8) is 0 Å². The highest BCUT2D eigenvalue weighted by Crippen LogP contribution is 2.38. The summed E-state index contributed by atoms with van der Waals surface area (Å²) >= 11 is 0. The maximum atomic E-state index is 10.8. The highest BCUT2D eigenvalue weighted by molar-refractivity contribution is 5.62. The van der Waals surface area contributed by atoms with E-state index in [1.165, 1.54) is 12.8 Å². The summed E-state index contributed by atoms with van der Waals surface area (Å²) in [6.07, 6.45) is 3.53. The molecule has 86 valence electrons. The number of rotatable bonds is 5. The number of anilines is 1. The highest BCUT2D eigenvalue weighted by atomic mass is 16.6. The summed E-state index contributed by atoms with van der Waals surface area (Å²) in [7, 11) is 0. The Labute approximate surface area is 94.8 Å². The maximum absolute atomic E-state index is 10.8. The van der Waals surface area contributed by atoms with E-state index in [-0.39, 0.29) is 10.6 Å². The molecule has 0 radical (unpaired) electrons. The fourth-order valence-electron chi connectivity index (χ4n) is 2.07. The lowest BCUT2D eigenvalue weighted by Gasteiger charge is -2.05. The van der Waals surface area contributed by atoms with Crippen LogP contribution in [0.1, 0.15) is 26.2 Å². The first-order valence-electron chi connectivity index (χ1n) is 5.72. The van der Waals surface area contributed by atoms with Crippen LogP contribution in [0.15, 0.2) is 24.3 Å². The number of hydrogen-bond acceptors (Lipinski definition) is 3. The number of para-hydroxylation sites is 2. The second-order valence-corrected chi connectivity index (χ2v) is 4.31. The van der Waals surface area contributed by atoms with E-state index in [2.05, 4.69) is 12.2 Å². The van der Waals surface area contributed by atoms with E-state index >= 15 is 0 Å². The van der Waals surface area contributed by atoms with Crippen LogP contribution in [0.2, 0.25) is 0 Å². The molecule has 1 saturated carbocycles. The first kappa shape index (κ1) is 10.9. The van der Waals surface area contributed by atoms with Crippen molar-refractivity contribution in [2.45, 2.75) is 32.2 Å². The van der Waals surface area contributed by atoms with E-state index in [9.17, 15) is 10.1 Å². The Bertz CT molecular complexity index is 392. The normalized spacial score (nSPS) is 22.8. The van der Waals surface area contributed by atoms with E-state index in [1.54, 1.807) is 18.2 Å². The SMILES string of the molecule is CCCC1CC1Nc1ccccc1[N+](=O)[O-]. The Morgan fingerprint density at radius 1 is 1.50 bits per heavy atom. The summed E-state index contributed by atoms with van der Waals surface area (Å²) in [6.45, 7) is 2.17. The number of nitro groups is 1. The number of hydrogen-bond donors (Lipinski definition) is 1. The second kappa shape index (κ2) is 4.51. The van der Waals surface area contributed by atoms with E-state index in [1.807, 2.05) is 6.07 Å². The first-order valence-corrected chi connectivity index (χ1v) is 5.72. The fourth-order valence-corrected chi connectivity index (χ4v) is 2.07. The molecule has 1 aromatic rings. The lowest BCUT2D eigenvalue weighted by Crippen LogP contribution is -2.06. The zero-order valence-electron chi connectivity index (χ0n) is 9.35. The third-order valence-electron chi connectivity index (χ3n) is 3.02. The minimum atomic E-state index is -0.334. The van der Waals surface area contributed by atoms with Gasteiger partial charge in [-0.15, -0.1) is 0 Å². The van der Waals surface area contributed by atoms with E-state index in [0.717, 1.165) is 6.42 Å². The van der Waals surface area contributed by atoms with Gasteiger partial charge in [0.2, 0.25) is 0 Å². The predicted molar refractivity (Wildman–Crippen MR) is 63.5 cm³/mol. The van der Waals surface area contributed by atoms with Crippen LogP contribution in [0.5, 0.6) is 0 Å². The predicted octanol–water partition coefficient (Wildman–Crippen LogP) is 3.20. The van der Waals surface area contributed by atoms with Crippen LogP contribution >= 0.6 is 0 Å². The van der Waals surface area contributed by atoms with Crippen molar-refractivity contribution in [2.24, 2.45) is 5.92 Å². The van der Waals surface area contributed by atoms with Crippen molar-refractivity contribution in [2.75, 3.05) is 5.32 Å². The van der Waals surface area contributed by atoms with Crippen molar-refractivity contribution < 1.29 is 4.92 Å². The number of nitrogens with zero attached hydrogens (tertiary/aromatic N) is 1. The summed E-state index contributed by atoms with van der Waals surface area (Å²) in [5, 5.41) is 14.1. The maximum Gasteiger partial charge on any atom is 0.292 e. The van der Waals surface area contributed by atoms with Crippen LogP contribution < -0.4 is 5.32 Å². The van der Waals surface area contributed by atoms with Crippen molar-refractivity contribution in [3.8, 4) is 0 Å². The van der Waals surface area contributed by atoms with Crippen molar-refractivity contribution >= 4 is 11.4 Å². The van der Waals surface area contributed by atoms with Crippen LogP contribution in [-0.2, 0) is 0 Å². The van der Waals surface area contributed by atoms with Crippen LogP contribution in [0.3, 0.4) is 0 Å². The third-order valence-corrected chi connectivity index (χ3v) is 3.02. The Kier molecular flexibility index (Phi) is 3.08. The number of benzene rings is 1. The molecule has 16 heavy (non-hydrogen) atoms. The van der Waals surface area contributed by atoms with Crippen molar-refractivity contribution in [3.05, 3.63) is 34.4 Å². The van der Waals surface area contributed by atoms with Gasteiger partial charge in [0.25, 0.3) is 5.69 Å². The summed E-state index contributed by atoms with van der Waals surface area (Å²) in [4.78, 5) is 10.5. The molecule has 0 aromatic heterocycles. The van der Waals surface area contributed by atoms with Gasteiger partial charge in [-0.2, -0.15) is 0 Å². The minimum Gasteiger partial charge on any atom is -0.376 e. The van der Waals surface area contributed by atoms with Gasteiger partial charge in [0.05, 0.1) is 4.92 Å². The van der Waals surface area contributed by atoms with Gasteiger partial charge in [-0.3, -0.25) is 10.1 Å². The zero-order chi connectivity index (χ0) is 11.5. The smallest absolute Gasteiger partial charge is 0.292 e. The van der Waals surface area contributed by atoms with E-state index in [0.29, 0.717) is 17.6 Å². The first-order chi connectivity index (χ1) is 7.72. The van der Waals surface area contributed by atoms with Crippen LogP contribution in [0.25, 0.3) is 0 Å².